The molecule has 22 heavy (non-hydrogen) atoms. The van der Waals surface area contributed by atoms with E-state index < -0.39 is 5.60 Å². The van der Waals surface area contributed by atoms with Gasteiger partial charge in [-0.05, 0) is 83.5 Å². The average Bonchev–Trinajstić information content (AvgIpc) is 2.79. The highest BCUT2D eigenvalue weighted by molar-refractivity contribution is 9.12. The van der Waals surface area contributed by atoms with Gasteiger partial charge in [0.15, 0.2) is 5.78 Å². The predicted octanol–water partition coefficient (Wildman–Crippen LogP) is 3.31. The van der Waals surface area contributed by atoms with Crippen LogP contribution in [-0.2, 0) is 9.59 Å². The van der Waals surface area contributed by atoms with E-state index in [1.807, 2.05) is 0 Å². The van der Waals surface area contributed by atoms with Crippen LogP contribution in [0.15, 0.2) is 22.2 Å². The Kier molecular flexibility index (Phi) is 3.12. The lowest BCUT2D eigenvalue weighted by atomic mass is 9.51. The molecule has 0 aromatic rings. The molecule has 0 bridgehead atoms. The minimum absolute atomic E-state index is 0.0465. The summed E-state index contributed by atoms with van der Waals surface area (Å²) in [7, 11) is 0. The van der Waals surface area contributed by atoms with Gasteiger partial charge >= 0.3 is 0 Å². The lowest BCUT2D eigenvalue weighted by Crippen LogP contribution is -2.54. The molecular weight excluding hydrogens is 344 g/mol. The van der Waals surface area contributed by atoms with Gasteiger partial charge in [0.05, 0.1) is 4.48 Å². The third-order valence-corrected chi connectivity index (χ3v) is 7.76. The van der Waals surface area contributed by atoms with Gasteiger partial charge in [0.1, 0.15) is 11.4 Å². The lowest BCUT2D eigenvalue weighted by molar-refractivity contribution is -0.134. The van der Waals surface area contributed by atoms with Gasteiger partial charge in [0.2, 0.25) is 0 Å². The molecule has 0 saturated heterocycles. The molecule has 1 N–H and O–H groups in total. The van der Waals surface area contributed by atoms with Gasteiger partial charge in [-0.2, -0.15) is 0 Å². The Bertz CT molecular complexity index is 634. The SMILES string of the molecule is C[C@]12CC[C@H]3[C@@H](CCC4=C(Br)C(=O)C=C[C@@]43O)[C@@H]1CCC2=O. The Balaban J connectivity index is 1.75. The van der Waals surface area contributed by atoms with E-state index in [9.17, 15) is 14.7 Å². The minimum Gasteiger partial charge on any atom is -0.381 e. The van der Waals surface area contributed by atoms with Crippen molar-refractivity contribution in [1.29, 1.82) is 0 Å². The Hall–Kier alpha value is -0.740. The number of ketones is 2. The molecule has 0 aromatic carbocycles. The van der Waals surface area contributed by atoms with E-state index >= 15 is 0 Å². The molecule has 4 aliphatic rings. The van der Waals surface area contributed by atoms with Crippen LogP contribution in [0.1, 0.15) is 45.4 Å². The van der Waals surface area contributed by atoms with Crippen molar-refractivity contribution in [3.8, 4) is 0 Å². The summed E-state index contributed by atoms with van der Waals surface area (Å²) in [6, 6.07) is 0. The zero-order chi connectivity index (χ0) is 15.7. The van der Waals surface area contributed by atoms with Gasteiger partial charge in [0.25, 0.3) is 0 Å². The molecule has 118 valence electrons. The first-order valence-electron chi connectivity index (χ1n) is 8.26. The molecule has 0 unspecified atom stereocenters. The molecule has 5 atom stereocenters. The van der Waals surface area contributed by atoms with Gasteiger partial charge in [-0.3, -0.25) is 9.59 Å². The Morgan fingerprint density at radius 2 is 1.95 bits per heavy atom. The lowest BCUT2D eigenvalue weighted by Gasteiger charge is -2.54. The summed E-state index contributed by atoms with van der Waals surface area (Å²) in [4.78, 5) is 24.2. The van der Waals surface area contributed by atoms with Crippen LogP contribution < -0.4 is 0 Å². The molecule has 0 amide bonds. The average molecular weight is 365 g/mol. The van der Waals surface area contributed by atoms with Gasteiger partial charge in [-0.1, -0.05) is 6.92 Å². The normalized spacial score (nSPS) is 47.3. The number of fused-ring (bicyclic) bond motifs is 5. The van der Waals surface area contributed by atoms with Gasteiger partial charge in [0, 0.05) is 11.8 Å². The van der Waals surface area contributed by atoms with E-state index in [2.05, 4.69) is 22.9 Å². The first-order chi connectivity index (χ1) is 10.4. The van der Waals surface area contributed by atoms with Crippen molar-refractivity contribution >= 4 is 27.5 Å². The van der Waals surface area contributed by atoms with E-state index in [1.165, 1.54) is 6.08 Å². The maximum absolute atomic E-state index is 12.3. The summed E-state index contributed by atoms with van der Waals surface area (Å²) in [6.07, 6.45) is 8.34. The fraction of sp³-hybridized carbons (Fsp3) is 0.667. The highest BCUT2D eigenvalue weighted by Crippen LogP contribution is 2.61. The molecule has 0 aliphatic heterocycles. The highest BCUT2D eigenvalue weighted by atomic mass is 79.9. The van der Waals surface area contributed by atoms with Crippen LogP contribution in [0, 0.1) is 23.2 Å². The monoisotopic (exact) mass is 364 g/mol. The summed E-state index contributed by atoms with van der Waals surface area (Å²) in [6.45, 7) is 2.13. The maximum Gasteiger partial charge on any atom is 0.192 e. The second-order valence-corrected chi connectivity index (χ2v) is 8.44. The van der Waals surface area contributed by atoms with Crippen molar-refractivity contribution in [1.82, 2.24) is 0 Å². The Labute approximate surface area is 139 Å². The Morgan fingerprint density at radius 1 is 1.18 bits per heavy atom. The molecule has 0 aromatic heterocycles. The van der Waals surface area contributed by atoms with E-state index in [4.69, 9.17) is 0 Å². The van der Waals surface area contributed by atoms with Crippen molar-refractivity contribution in [2.45, 2.75) is 51.0 Å². The molecule has 4 heteroatoms. The Morgan fingerprint density at radius 3 is 2.73 bits per heavy atom. The van der Waals surface area contributed by atoms with Gasteiger partial charge < -0.3 is 5.11 Å². The number of aliphatic hydroxyl groups is 1. The van der Waals surface area contributed by atoms with Crippen molar-refractivity contribution in [3.05, 3.63) is 22.2 Å². The molecular formula is C18H21BrO3. The van der Waals surface area contributed by atoms with Crippen LogP contribution in [0.3, 0.4) is 0 Å². The molecule has 3 fully saturated rings. The number of allylic oxidation sites excluding steroid dienone is 2. The summed E-state index contributed by atoms with van der Waals surface area (Å²) in [5.41, 5.74) is -0.318. The maximum atomic E-state index is 12.3. The van der Waals surface area contributed by atoms with Crippen LogP contribution in [0.5, 0.6) is 0 Å². The quantitative estimate of drug-likeness (QED) is 0.717. The van der Waals surface area contributed by atoms with E-state index in [1.54, 1.807) is 6.08 Å². The second-order valence-electron chi connectivity index (χ2n) is 7.65. The summed E-state index contributed by atoms with van der Waals surface area (Å²) in [5, 5.41) is 11.3. The first kappa shape index (κ1) is 14.8. The van der Waals surface area contributed by atoms with E-state index in [0.717, 1.165) is 37.7 Å². The smallest absolute Gasteiger partial charge is 0.192 e. The topological polar surface area (TPSA) is 54.4 Å². The van der Waals surface area contributed by atoms with Crippen LogP contribution in [0.2, 0.25) is 0 Å². The number of carbonyl (C=O) groups excluding carboxylic acids is 2. The van der Waals surface area contributed by atoms with Crippen LogP contribution in [-0.4, -0.2) is 22.3 Å². The third kappa shape index (κ3) is 1.71. The summed E-state index contributed by atoms with van der Waals surface area (Å²) < 4.78 is 0.548. The summed E-state index contributed by atoms with van der Waals surface area (Å²) >= 11 is 3.39. The number of hydrogen-bond donors (Lipinski definition) is 1. The number of rotatable bonds is 0. The van der Waals surface area contributed by atoms with Crippen LogP contribution in [0.4, 0.5) is 0 Å². The first-order valence-corrected chi connectivity index (χ1v) is 9.05. The fourth-order valence-electron chi connectivity index (χ4n) is 5.68. The molecule has 0 radical (unpaired) electrons. The number of Topliss-reactive ketones (excluding diaryl/α,β-unsaturated/α-hetero) is 1. The molecule has 0 heterocycles. The predicted molar refractivity (Wildman–Crippen MR) is 86.3 cm³/mol. The van der Waals surface area contributed by atoms with Crippen molar-refractivity contribution in [3.63, 3.8) is 0 Å². The summed E-state index contributed by atoms with van der Waals surface area (Å²) in [5.74, 6) is 1.29. The molecule has 3 nitrogen and oxygen atoms in total. The fourth-order valence-corrected chi connectivity index (χ4v) is 6.32. The highest BCUT2D eigenvalue weighted by Gasteiger charge is 2.59. The van der Waals surface area contributed by atoms with Crippen molar-refractivity contribution in [2.24, 2.45) is 23.2 Å². The van der Waals surface area contributed by atoms with Crippen LogP contribution in [0.25, 0.3) is 0 Å². The van der Waals surface area contributed by atoms with Gasteiger partial charge in [-0.15, -0.1) is 0 Å². The van der Waals surface area contributed by atoms with Crippen LogP contribution >= 0.6 is 15.9 Å². The van der Waals surface area contributed by atoms with E-state index in [0.29, 0.717) is 28.5 Å². The molecule has 3 saturated carbocycles. The zero-order valence-electron chi connectivity index (χ0n) is 12.8. The molecule has 4 aliphatic carbocycles. The number of hydrogen-bond acceptors (Lipinski definition) is 3. The van der Waals surface area contributed by atoms with Crippen molar-refractivity contribution < 1.29 is 14.7 Å². The zero-order valence-corrected chi connectivity index (χ0v) is 14.4. The molecule has 4 rings (SSSR count). The number of carbonyl (C=O) groups is 2. The largest absolute Gasteiger partial charge is 0.381 e. The minimum atomic E-state index is -0.997. The van der Waals surface area contributed by atoms with Gasteiger partial charge in [-0.25, -0.2) is 0 Å². The number of halogens is 1. The van der Waals surface area contributed by atoms with E-state index in [-0.39, 0.29) is 17.1 Å². The standard InChI is InChI=1S/C18H21BrO3/c1-17-8-6-12-10(11(17)4-5-15(17)21)2-3-13-16(19)14(20)7-9-18(12,13)22/h7,9-12,22H,2-6,8H2,1H3/t10-,11-,12-,17-,18-/m0/s1. The van der Waals surface area contributed by atoms with Crippen molar-refractivity contribution in [2.75, 3.05) is 0 Å². The molecule has 0 spiro atoms. The second kappa shape index (κ2) is 4.64. The third-order valence-electron chi connectivity index (χ3n) is 6.89.